The second-order valence-electron chi connectivity index (χ2n) is 6.73. The molecule has 2 rings (SSSR count). The Kier molecular flexibility index (Phi) is 7.80. The quantitative estimate of drug-likeness (QED) is 0.441. The highest BCUT2D eigenvalue weighted by Gasteiger charge is 2.24. The van der Waals surface area contributed by atoms with E-state index in [0.29, 0.717) is 6.42 Å². The molecular weight excluding hydrogens is 366 g/mol. The molecular formula is C24H27NO2S. The summed E-state index contributed by atoms with van der Waals surface area (Å²) < 4.78 is 27.5. The molecule has 3 nitrogen and oxygen atoms in total. The lowest BCUT2D eigenvalue weighted by Crippen LogP contribution is -2.33. The topological polar surface area (TPSA) is 37.4 Å². The van der Waals surface area contributed by atoms with Crippen LogP contribution in [0, 0.1) is 18.8 Å². The van der Waals surface area contributed by atoms with Crippen LogP contribution in [0.3, 0.4) is 0 Å². The summed E-state index contributed by atoms with van der Waals surface area (Å²) in [5.41, 5.74) is 3.97. The number of aryl methyl sites for hydroxylation is 1. The van der Waals surface area contributed by atoms with Gasteiger partial charge in [0.25, 0.3) is 0 Å². The van der Waals surface area contributed by atoms with Crippen molar-refractivity contribution in [2.75, 3.05) is 13.1 Å². The Labute approximate surface area is 169 Å². The van der Waals surface area contributed by atoms with Gasteiger partial charge in [0, 0.05) is 6.54 Å². The van der Waals surface area contributed by atoms with Gasteiger partial charge in [0.05, 0.1) is 11.4 Å². The summed E-state index contributed by atoms with van der Waals surface area (Å²) in [7, 11) is -3.63. The lowest BCUT2D eigenvalue weighted by atomic mass is 10.0. The molecule has 2 aromatic carbocycles. The molecule has 0 atom stereocenters. The van der Waals surface area contributed by atoms with Crippen molar-refractivity contribution in [3.63, 3.8) is 0 Å². The fourth-order valence-corrected chi connectivity index (χ4v) is 4.09. The van der Waals surface area contributed by atoms with Crippen LogP contribution in [0.5, 0.6) is 0 Å². The largest absolute Gasteiger partial charge is 0.244 e. The molecule has 146 valence electrons. The van der Waals surface area contributed by atoms with Gasteiger partial charge in [-0.05, 0) is 50.0 Å². The first-order valence-corrected chi connectivity index (χ1v) is 10.6. The van der Waals surface area contributed by atoms with Gasteiger partial charge >= 0.3 is 0 Å². The van der Waals surface area contributed by atoms with Crippen molar-refractivity contribution in [1.82, 2.24) is 4.31 Å². The van der Waals surface area contributed by atoms with E-state index in [-0.39, 0.29) is 18.0 Å². The molecule has 0 N–H and O–H groups in total. The van der Waals surface area contributed by atoms with Crippen LogP contribution in [-0.4, -0.2) is 25.8 Å². The molecule has 0 saturated carbocycles. The second kappa shape index (κ2) is 10.1. The van der Waals surface area contributed by atoms with E-state index in [1.807, 2.05) is 37.3 Å². The maximum absolute atomic E-state index is 13.0. The summed E-state index contributed by atoms with van der Waals surface area (Å²) in [6, 6.07) is 16.9. The van der Waals surface area contributed by atoms with Crippen LogP contribution in [0.4, 0.5) is 0 Å². The third-order valence-corrected chi connectivity index (χ3v) is 6.26. The number of hydrogen-bond acceptors (Lipinski definition) is 2. The molecule has 0 heterocycles. The number of rotatable bonds is 9. The summed E-state index contributed by atoms with van der Waals surface area (Å²) in [6.07, 6.45) is 1.41. The lowest BCUT2D eigenvalue weighted by molar-refractivity contribution is 0.467. The number of sulfonamides is 1. The molecule has 0 aliphatic heterocycles. The second-order valence-corrected chi connectivity index (χ2v) is 8.67. The zero-order valence-corrected chi connectivity index (χ0v) is 17.4. The van der Waals surface area contributed by atoms with E-state index in [1.54, 1.807) is 31.2 Å². The van der Waals surface area contributed by atoms with Gasteiger partial charge in [-0.25, -0.2) is 8.42 Å². The van der Waals surface area contributed by atoms with E-state index in [1.165, 1.54) is 4.31 Å². The van der Waals surface area contributed by atoms with Crippen LogP contribution in [0.15, 0.2) is 78.2 Å². The highest BCUT2D eigenvalue weighted by Crippen LogP contribution is 2.22. The lowest BCUT2D eigenvalue weighted by Gasteiger charge is -2.21. The van der Waals surface area contributed by atoms with E-state index in [9.17, 15) is 8.42 Å². The van der Waals surface area contributed by atoms with Gasteiger partial charge in [-0.1, -0.05) is 72.7 Å². The number of hydrogen-bond donors (Lipinski definition) is 0. The predicted octanol–water partition coefficient (Wildman–Crippen LogP) is 5.06. The zero-order valence-electron chi connectivity index (χ0n) is 16.6. The Bertz CT molecular complexity index is 978. The fraction of sp³-hybridized carbons (Fsp3) is 0.250. The minimum atomic E-state index is -3.63. The molecule has 2 aromatic rings. The maximum atomic E-state index is 13.0. The van der Waals surface area contributed by atoms with E-state index in [0.717, 1.165) is 28.7 Å². The average Bonchev–Trinajstić information content (AvgIpc) is 2.70. The average molecular weight is 394 g/mol. The van der Waals surface area contributed by atoms with Crippen LogP contribution in [0.2, 0.25) is 0 Å². The van der Waals surface area contributed by atoms with E-state index in [4.69, 9.17) is 0 Å². The SMILES string of the molecule is C=C(CCC(=C)c1ccccc1)CN(CC#CC)S(=O)(=O)c1ccc(C)cc1. The molecule has 28 heavy (non-hydrogen) atoms. The molecule has 0 aliphatic rings. The third kappa shape index (κ3) is 5.95. The molecule has 0 aliphatic carbocycles. The summed E-state index contributed by atoms with van der Waals surface area (Å²) >= 11 is 0. The van der Waals surface area contributed by atoms with Crippen molar-refractivity contribution in [3.05, 3.63) is 84.5 Å². The smallest absolute Gasteiger partial charge is 0.207 e. The minimum absolute atomic E-state index is 0.144. The number of nitrogens with zero attached hydrogens (tertiary/aromatic N) is 1. The summed E-state index contributed by atoms with van der Waals surface area (Å²) in [4.78, 5) is 0.275. The molecule has 0 bridgehead atoms. The molecule has 0 amide bonds. The molecule has 0 radical (unpaired) electrons. The first-order chi connectivity index (χ1) is 13.3. The van der Waals surface area contributed by atoms with Gasteiger partial charge < -0.3 is 0 Å². The van der Waals surface area contributed by atoms with Crippen molar-refractivity contribution in [1.29, 1.82) is 0 Å². The van der Waals surface area contributed by atoms with Crippen LogP contribution in [0.25, 0.3) is 5.57 Å². The molecule has 0 fully saturated rings. The highest BCUT2D eigenvalue weighted by atomic mass is 32.2. The normalized spacial score (nSPS) is 11.0. The van der Waals surface area contributed by atoms with Gasteiger partial charge in [-0.2, -0.15) is 4.31 Å². The van der Waals surface area contributed by atoms with Crippen LogP contribution in [-0.2, 0) is 10.0 Å². The zero-order chi connectivity index (χ0) is 20.6. The van der Waals surface area contributed by atoms with Gasteiger partial charge in [-0.15, -0.1) is 5.92 Å². The van der Waals surface area contributed by atoms with Crippen molar-refractivity contribution in [2.24, 2.45) is 0 Å². The van der Waals surface area contributed by atoms with Crippen LogP contribution < -0.4 is 0 Å². The Morgan fingerprint density at radius 2 is 1.64 bits per heavy atom. The van der Waals surface area contributed by atoms with Crippen molar-refractivity contribution in [2.45, 2.75) is 31.6 Å². The maximum Gasteiger partial charge on any atom is 0.244 e. The Morgan fingerprint density at radius 3 is 2.25 bits per heavy atom. The fourth-order valence-electron chi connectivity index (χ4n) is 2.73. The molecule has 0 unspecified atom stereocenters. The molecule has 0 spiro atoms. The van der Waals surface area contributed by atoms with E-state index >= 15 is 0 Å². The van der Waals surface area contributed by atoms with Gasteiger partial charge in [-0.3, -0.25) is 0 Å². The van der Waals surface area contributed by atoms with E-state index in [2.05, 4.69) is 25.0 Å². The van der Waals surface area contributed by atoms with Crippen molar-refractivity contribution >= 4 is 15.6 Å². The number of benzene rings is 2. The van der Waals surface area contributed by atoms with E-state index < -0.39 is 10.0 Å². The minimum Gasteiger partial charge on any atom is -0.207 e. The first-order valence-electron chi connectivity index (χ1n) is 9.21. The van der Waals surface area contributed by atoms with Gasteiger partial charge in [0.15, 0.2) is 0 Å². The molecule has 0 saturated heterocycles. The summed E-state index contributed by atoms with van der Waals surface area (Å²) in [5.74, 6) is 5.65. The summed E-state index contributed by atoms with van der Waals surface area (Å²) in [6.45, 7) is 12.2. The highest BCUT2D eigenvalue weighted by molar-refractivity contribution is 7.89. The molecule has 4 heteroatoms. The van der Waals surface area contributed by atoms with Gasteiger partial charge in [0.1, 0.15) is 0 Å². The standard InChI is InChI=1S/C24H27NO2S/c1-5-6-18-25(28(26,27)24-16-13-20(2)14-17-24)19-21(3)12-15-22(4)23-10-8-7-9-11-23/h7-11,13-14,16-17H,3-4,12,15,18-19H2,1-2H3. The first kappa shape index (κ1) is 21.7. The molecule has 0 aromatic heterocycles. The van der Waals surface area contributed by atoms with Crippen LogP contribution in [0.1, 0.15) is 30.9 Å². The Morgan fingerprint density at radius 1 is 1.00 bits per heavy atom. The Hall–Kier alpha value is -2.61. The predicted molar refractivity (Wildman–Crippen MR) is 117 cm³/mol. The van der Waals surface area contributed by atoms with Gasteiger partial charge in [0.2, 0.25) is 10.0 Å². The summed E-state index contributed by atoms with van der Waals surface area (Å²) in [5, 5.41) is 0. The van der Waals surface area contributed by atoms with Crippen molar-refractivity contribution in [3.8, 4) is 11.8 Å². The monoisotopic (exact) mass is 393 g/mol. The third-order valence-electron chi connectivity index (χ3n) is 4.45. The Balaban J connectivity index is 2.08. The number of allylic oxidation sites excluding steroid dienone is 1. The van der Waals surface area contributed by atoms with Crippen LogP contribution >= 0.6 is 0 Å². The van der Waals surface area contributed by atoms with Crippen molar-refractivity contribution < 1.29 is 8.42 Å².